The molecular weight excluding hydrogens is 396 g/mol. The maximum Gasteiger partial charge on any atom is 0.259 e. The second-order valence-electron chi connectivity index (χ2n) is 6.78. The van der Waals surface area contributed by atoms with Crippen molar-refractivity contribution < 1.29 is 14.7 Å². The van der Waals surface area contributed by atoms with Crippen molar-refractivity contribution in [3.63, 3.8) is 0 Å². The summed E-state index contributed by atoms with van der Waals surface area (Å²) in [7, 11) is 0. The van der Waals surface area contributed by atoms with Crippen LogP contribution in [0.4, 0.5) is 11.4 Å². The van der Waals surface area contributed by atoms with Gasteiger partial charge >= 0.3 is 0 Å². The molecule has 0 aliphatic heterocycles. The third-order valence-corrected chi connectivity index (χ3v) is 4.52. The summed E-state index contributed by atoms with van der Waals surface area (Å²) in [5.41, 5.74) is 2.90. The molecule has 3 aromatic carbocycles. The van der Waals surface area contributed by atoms with Gasteiger partial charge in [-0.05, 0) is 59.8 Å². The first-order chi connectivity index (χ1) is 15.0. The number of nitrogens with zero attached hydrogens (tertiary/aromatic N) is 4. The lowest BCUT2D eigenvalue weighted by molar-refractivity contribution is 0.101. The van der Waals surface area contributed by atoms with Crippen LogP contribution in [0.25, 0.3) is 5.69 Å². The number of hydrogen-bond acceptors (Lipinski definition) is 6. The van der Waals surface area contributed by atoms with E-state index < -0.39 is 5.91 Å². The van der Waals surface area contributed by atoms with Crippen LogP contribution in [0.2, 0.25) is 0 Å². The van der Waals surface area contributed by atoms with Gasteiger partial charge < -0.3 is 15.7 Å². The van der Waals surface area contributed by atoms with E-state index in [0.717, 1.165) is 5.56 Å². The van der Waals surface area contributed by atoms with Gasteiger partial charge in [0.1, 0.15) is 12.1 Å². The number of benzene rings is 3. The smallest absolute Gasteiger partial charge is 0.259 e. The number of carbonyl (C=O) groups excluding carboxylic acids is 2. The molecular formula is C22H18N6O3. The second-order valence-corrected chi connectivity index (χ2v) is 6.78. The highest BCUT2D eigenvalue weighted by Gasteiger charge is 2.15. The number of anilines is 2. The first kappa shape index (κ1) is 19.8. The number of carbonyl (C=O) groups is 2. The molecule has 0 aliphatic rings. The van der Waals surface area contributed by atoms with Gasteiger partial charge in [0.2, 0.25) is 0 Å². The molecule has 0 unspecified atom stereocenters. The van der Waals surface area contributed by atoms with Gasteiger partial charge in [-0.15, -0.1) is 5.10 Å². The summed E-state index contributed by atoms with van der Waals surface area (Å²) >= 11 is 0. The fraction of sp³-hybridized carbons (Fsp3) is 0.0455. The Hall–Kier alpha value is -4.53. The maximum absolute atomic E-state index is 12.9. The van der Waals surface area contributed by atoms with Crippen LogP contribution in [0.15, 0.2) is 73.1 Å². The average molecular weight is 414 g/mol. The van der Waals surface area contributed by atoms with Crippen molar-refractivity contribution in [1.29, 1.82) is 0 Å². The Morgan fingerprint density at radius 1 is 0.871 bits per heavy atom. The third kappa shape index (κ3) is 4.40. The lowest BCUT2D eigenvalue weighted by Crippen LogP contribution is -2.16. The number of phenols is 1. The Morgan fingerprint density at radius 3 is 2.29 bits per heavy atom. The molecule has 154 valence electrons. The minimum absolute atomic E-state index is 0.105. The molecule has 3 N–H and O–H groups in total. The molecule has 1 aromatic heterocycles. The number of aryl methyl sites for hydroxylation is 1. The molecule has 4 rings (SSSR count). The van der Waals surface area contributed by atoms with Gasteiger partial charge in [0.15, 0.2) is 0 Å². The molecule has 31 heavy (non-hydrogen) atoms. The van der Waals surface area contributed by atoms with Crippen molar-refractivity contribution in [3.8, 4) is 11.4 Å². The van der Waals surface area contributed by atoms with Gasteiger partial charge in [-0.25, -0.2) is 0 Å². The Kier molecular flexibility index (Phi) is 5.39. The highest BCUT2D eigenvalue weighted by molar-refractivity contribution is 6.08. The van der Waals surface area contributed by atoms with Gasteiger partial charge in [-0.3, -0.25) is 9.59 Å². The summed E-state index contributed by atoms with van der Waals surface area (Å²) in [6.45, 7) is 1.83. The van der Waals surface area contributed by atoms with E-state index in [2.05, 4.69) is 26.2 Å². The molecule has 0 fully saturated rings. The quantitative estimate of drug-likeness (QED) is 0.461. The minimum Gasteiger partial charge on any atom is -0.507 e. The van der Waals surface area contributed by atoms with Crippen molar-refractivity contribution in [3.05, 3.63) is 89.7 Å². The number of tetrazole rings is 1. The van der Waals surface area contributed by atoms with Crippen molar-refractivity contribution in [2.45, 2.75) is 6.92 Å². The number of aromatic hydroxyl groups is 1. The van der Waals surface area contributed by atoms with Gasteiger partial charge in [0.25, 0.3) is 11.8 Å². The summed E-state index contributed by atoms with van der Waals surface area (Å²) in [5, 5.41) is 26.5. The molecule has 4 aromatic rings. The van der Waals surface area contributed by atoms with E-state index in [1.54, 1.807) is 60.7 Å². The van der Waals surface area contributed by atoms with Gasteiger partial charge in [0.05, 0.1) is 16.8 Å². The lowest BCUT2D eigenvalue weighted by Gasteiger charge is -2.11. The van der Waals surface area contributed by atoms with E-state index >= 15 is 0 Å². The predicted octanol–water partition coefficient (Wildman–Crippen LogP) is 3.18. The molecule has 0 radical (unpaired) electrons. The zero-order valence-corrected chi connectivity index (χ0v) is 16.5. The van der Waals surface area contributed by atoms with Crippen LogP contribution in [0.5, 0.6) is 5.75 Å². The zero-order valence-electron chi connectivity index (χ0n) is 16.5. The Morgan fingerprint density at radius 2 is 1.58 bits per heavy atom. The highest BCUT2D eigenvalue weighted by Crippen LogP contribution is 2.22. The van der Waals surface area contributed by atoms with Crippen LogP contribution in [0.1, 0.15) is 26.3 Å². The van der Waals surface area contributed by atoms with Gasteiger partial charge in [-0.1, -0.05) is 29.8 Å². The predicted molar refractivity (Wildman–Crippen MR) is 114 cm³/mol. The summed E-state index contributed by atoms with van der Waals surface area (Å²) in [6, 6.07) is 18.4. The summed E-state index contributed by atoms with van der Waals surface area (Å²) in [4.78, 5) is 25.4. The molecule has 1 heterocycles. The standard InChI is InChI=1S/C22H18N6O3/c1-14-9-10-20(29)18(11-14)22(31)25-16-6-4-5-15(12-16)24-21(30)17-7-2-3-8-19(17)28-13-23-26-27-28/h2-13,29H,1H3,(H,24,30)(H,25,31). The first-order valence-electron chi connectivity index (χ1n) is 9.36. The number of rotatable bonds is 5. The van der Waals surface area contributed by atoms with Crippen LogP contribution < -0.4 is 10.6 Å². The van der Waals surface area contributed by atoms with Crippen LogP contribution in [0.3, 0.4) is 0 Å². The van der Waals surface area contributed by atoms with E-state index in [4.69, 9.17) is 0 Å². The molecule has 9 nitrogen and oxygen atoms in total. The fourth-order valence-corrected chi connectivity index (χ4v) is 3.04. The van der Waals surface area contributed by atoms with Gasteiger partial charge in [0, 0.05) is 11.4 Å². The van der Waals surface area contributed by atoms with E-state index in [1.807, 2.05) is 6.92 Å². The van der Waals surface area contributed by atoms with Crippen molar-refractivity contribution in [1.82, 2.24) is 20.2 Å². The Bertz CT molecular complexity index is 1250. The number of para-hydroxylation sites is 1. The number of phenolic OH excluding ortho intramolecular Hbond substituents is 1. The molecule has 0 atom stereocenters. The minimum atomic E-state index is -0.450. The monoisotopic (exact) mass is 414 g/mol. The molecule has 0 saturated carbocycles. The van der Waals surface area contributed by atoms with Crippen molar-refractivity contribution in [2.24, 2.45) is 0 Å². The average Bonchev–Trinajstić information content (AvgIpc) is 3.30. The van der Waals surface area contributed by atoms with Crippen LogP contribution in [-0.4, -0.2) is 37.1 Å². The normalized spacial score (nSPS) is 10.5. The van der Waals surface area contributed by atoms with Crippen LogP contribution in [-0.2, 0) is 0 Å². The number of amides is 2. The molecule has 0 saturated heterocycles. The first-order valence-corrected chi connectivity index (χ1v) is 9.36. The van der Waals surface area contributed by atoms with Crippen molar-refractivity contribution >= 4 is 23.2 Å². The maximum atomic E-state index is 12.9. The summed E-state index contributed by atoms with van der Waals surface area (Å²) < 4.78 is 1.40. The summed E-state index contributed by atoms with van der Waals surface area (Å²) in [6.07, 6.45) is 1.41. The topological polar surface area (TPSA) is 122 Å². The molecule has 0 spiro atoms. The number of aromatic nitrogens is 4. The molecule has 9 heteroatoms. The SMILES string of the molecule is Cc1ccc(O)c(C(=O)Nc2cccc(NC(=O)c3ccccc3-n3cnnn3)c2)c1. The van der Waals surface area contributed by atoms with E-state index in [0.29, 0.717) is 22.6 Å². The molecule has 0 bridgehead atoms. The van der Waals surface area contributed by atoms with Crippen LogP contribution >= 0.6 is 0 Å². The summed E-state index contributed by atoms with van der Waals surface area (Å²) in [5.74, 6) is -0.911. The number of nitrogens with one attached hydrogen (secondary N) is 2. The van der Waals surface area contributed by atoms with Gasteiger partial charge in [-0.2, -0.15) is 4.68 Å². The Labute approximate surface area is 177 Å². The van der Waals surface area contributed by atoms with E-state index in [9.17, 15) is 14.7 Å². The van der Waals surface area contributed by atoms with E-state index in [1.165, 1.54) is 17.1 Å². The highest BCUT2D eigenvalue weighted by atomic mass is 16.3. The number of hydrogen-bond donors (Lipinski definition) is 3. The van der Waals surface area contributed by atoms with Crippen LogP contribution in [0, 0.1) is 6.92 Å². The lowest BCUT2D eigenvalue weighted by atomic mass is 10.1. The molecule has 2 amide bonds. The second kappa shape index (κ2) is 8.46. The largest absolute Gasteiger partial charge is 0.507 e. The van der Waals surface area contributed by atoms with E-state index in [-0.39, 0.29) is 17.2 Å². The zero-order chi connectivity index (χ0) is 21.8. The van der Waals surface area contributed by atoms with Crippen molar-refractivity contribution in [2.75, 3.05) is 10.6 Å². The Balaban J connectivity index is 1.53. The molecule has 0 aliphatic carbocycles. The third-order valence-electron chi connectivity index (χ3n) is 4.52. The fourth-order valence-electron chi connectivity index (χ4n) is 3.04.